The van der Waals surface area contributed by atoms with E-state index in [4.69, 9.17) is 11.6 Å². The summed E-state index contributed by atoms with van der Waals surface area (Å²) < 4.78 is 26.5. The number of hydrogen-bond acceptors (Lipinski definition) is 1. The van der Waals surface area contributed by atoms with E-state index in [1.165, 1.54) is 6.07 Å². The first-order valence-electron chi connectivity index (χ1n) is 3.75. The highest BCUT2D eigenvalue weighted by atomic mass is 127. The minimum absolute atomic E-state index is 0.0974. The van der Waals surface area contributed by atoms with Crippen LogP contribution in [0, 0.1) is 3.57 Å². The maximum absolute atomic E-state index is 12.4. The van der Waals surface area contributed by atoms with E-state index in [1.54, 1.807) is 12.1 Å². The van der Waals surface area contributed by atoms with E-state index < -0.39 is 6.43 Å². The average molecular weight is 345 g/mol. The van der Waals surface area contributed by atoms with Gasteiger partial charge in [-0.1, -0.05) is 17.7 Å². The average Bonchev–Trinajstić information content (AvgIpc) is 2.56. The van der Waals surface area contributed by atoms with Crippen molar-refractivity contribution < 1.29 is 8.78 Å². The van der Waals surface area contributed by atoms with Crippen LogP contribution in [0.15, 0.2) is 18.2 Å². The molecule has 0 amide bonds. The molecule has 0 aliphatic carbocycles. The van der Waals surface area contributed by atoms with Crippen molar-refractivity contribution in [3.05, 3.63) is 31.7 Å². The molecule has 0 spiro atoms. The zero-order chi connectivity index (χ0) is 10.3. The molecule has 2 rings (SSSR count). The van der Waals surface area contributed by atoms with E-state index in [2.05, 4.69) is 22.6 Å². The standard InChI is InChI=1S/C9H4ClF2IS/c10-5-2-1-4-3-6(9(11)12)14-8(4)7(5)13/h1-3,9H. The summed E-state index contributed by atoms with van der Waals surface area (Å²) >= 11 is 9.07. The molecule has 0 nitrogen and oxygen atoms in total. The van der Waals surface area contributed by atoms with E-state index in [-0.39, 0.29) is 4.88 Å². The molecule has 5 heteroatoms. The van der Waals surface area contributed by atoms with Gasteiger partial charge in [0.2, 0.25) is 0 Å². The Morgan fingerprint density at radius 1 is 1.36 bits per heavy atom. The predicted octanol–water partition coefficient (Wildman–Crippen LogP) is 5.10. The maximum Gasteiger partial charge on any atom is 0.272 e. The Morgan fingerprint density at radius 3 is 2.71 bits per heavy atom. The van der Waals surface area contributed by atoms with E-state index >= 15 is 0 Å². The van der Waals surface area contributed by atoms with Crippen molar-refractivity contribution in [1.82, 2.24) is 0 Å². The number of alkyl halides is 2. The first-order chi connectivity index (χ1) is 6.59. The Labute approximate surface area is 102 Å². The number of thiophene rings is 1. The topological polar surface area (TPSA) is 0 Å². The van der Waals surface area contributed by atoms with E-state index in [0.717, 1.165) is 25.0 Å². The molecule has 0 fully saturated rings. The van der Waals surface area contributed by atoms with Crippen molar-refractivity contribution in [2.75, 3.05) is 0 Å². The molecule has 1 heterocycles. The van der Waals surface area contributed by atoms with Crippen LogP contribution in [0.4, 0.5) is 8.78 Å². The van der Waals surface area contributed by atoms with Crippen LogP contribution in [-0.4, -0.2) is 0 Å². The van der Waals surface area contributed by atoms with E-state index in [0.29, 0.717) is 5.02 Å². The van der Waals surface area contributed by atoms with Crippen LogP contribution in [0.2, 0.25) is 5.02 Å². The molecule has 1 aromatic carbocycles. The number of halogens is 4. The van der Waals surface area contributed by atoms with Crippen LogP contribution >= 0.6 is 45.5 Å². The van der Waals surface area contributed by atoms with Crippen molar-refractivity contribution >= 4 is 55.6 Å². The monoisotopic (exact) mass is 344 g/mol. The molecular formula is C9H4ClF2IS. The van der Waals surface area contributed by atoms with Gasteiger partial charge in [-0.3, -0.25) is 0 Å². The maximum atomic E-state index is 12.4. The molecule has 14 heavy (non-hydrogen) atoms. The number of rotatable bonds is 1. The van der Waals surface area contributed by atoms with Gasteiger partial charge < -0.3 is 0 Å². The molecule has 2 aromatic rings. The highest BCUT2D eigenvalue weighted by Gasteiger charge is 2.13. The molecule has 1 aromatic heterocycles. The first kappa shape index (κ1) is 10.6. The van der Waals surface area contributed by atoms with E-state index in [9.17, 15) is 8.78 Å². The summed E-state index contributed by atoms with van der Waals surface area (Å²) in [5, 5.41) is 1.44. The normalized spacial score (nSPS) is 11.5. The summed E-state index contributed by atoms with van der Waals surface area (Å²) in [7, 11) is 0. The van der Waals surface area contributed by atoms with Gasteiger partial charge in [0.15, 0.2) is 0 Å². The molecular weight excluding hydrogens is 341 g/mol. The Morgan fingerprint density at radius 2 is 2.07 bits per heavy atom. The van der Waals surface area contributed by atoms with Crippen molar-refractivity contribution in [3.8, 4) is 0 Å². The van der Waals surface area contributed by atoms with Crippen LogP contribution in [0.3, 0.4) is 0 Å². The third kappa shape index (κ3) is 1.75. The van der Waals surface area contributed by atoms with Crippen LogP contribution in [0.1, 0.15) is 11.3 Å². The van der Waals surface area contributed by atoms with Crippen LogP contribution in [0.5, 0.6) is 0 Å². The fraction of sp³-hybridized carbons (Fsp3) is 0.111. The van der Waals surface area contributed by atoms with Gasteiger partial charge in [-0.2, -0.15) is 0 Å². The zero-order valence-electron chi connectivity index (χ0n) is 6.73. The zero-order valence-corrected chi connectivity index (χ0v) is 10.5. The molecule has 0 aliphatic heterocycles. The Hall–Kier alpha value is 0.0600. The van der Waals surface area contributed by atoms with Gasteiger partial charge in [-0.15, -0.1) is 11.3 Å². The lowest BCUT2D eigenvalue weighted by molar-refractivity contribution is 0.156. The second-order valence-corrected chi connectivity index (χ2v) is 5.30. The van der Waals surface area contributed by atoms with Gasteiger partial charge in [-0.25, -0.2) is 8.78 Å². The van der Waals surface area contributed by atoms with Gasteiger partial charge >= 0.3 is 0 Å². The molecule has 0 saturated carbocycles. The quantitative estimate of drug-likeness (QED) is 0.632. The number of hydrogen-bond donors (Lipinski definition) is 0. The van der Waals surface area contributed by atoms with Crippen LogP contribution in [-0.2, 0) is 0 Å². The van der Waals surface area contributed by atoms with Crippen molar-refractivity contribution in [2.24, 2.45) is 0 Å². The summed E-state index contributed by atoms with van der Waals surface area (Å²) in [6.07, 6.45) is -2.40. The fourth-order valence-electron chi connectivity index (χ4n) is 1.17. The lowest BCUT2D eigenvalue weighted by Gasteiger charge is -1.95. The third-order valence-electron chi connectivity index (χ3n) is 1.81. The number of benzene rings is 1. The lowest BCUT2D eigenvalue weighted by Crippen LogP contribution is -1.72. The van der Waals surface area contributed by atoms with Crippen molar-refractivity contribution in [1.29, 1.82) is 0 Å². The number of fused-ring (bicyclic) bond motifs is 1. The van der Waals surface area contributed by atoms with Gasteiger partial charge in [0.25, 0.3) is 6.43 Å². The van der Waals surface area contributed by atoms with Gasteiger partial charge in [0.1, 0.15) is 0 Å². The van der Waals surface area contributed by atoms with Crippen molar-refractivity contribution in [2.45, 2.75) is 6.43 Å². The Kier molecular flexibility index (Phi) is 2.95. The smallest absolute Gasteiger partial charge is 0.204 e. The van der Waals surface area contributed by atoms with Crippen molar-refractivity contribution in [3.63, 3.8) is 0 Å². The second-order valence-electron chi connectivity index (χ2n) is 2.73. The molecule has 0 aliphatic rings. The Bertz CT molecular complexity index is 481. The SMILES string of the molecule is FC(F)c1cc2ccc(Cl)c(I)c2s1. The predicted molar refractivity (Wildman–Crippen MR) is 64.5 cm³/mol. The van der Waals surface area contributed by atoms with Crippen LogP contribution < -0.4 is 0 Å². The molecule has 0 N–H and O–H groups in total. The minimum atomic E-state index is -2.40. The summed E-state index contributed by atoms with van der Waals surface area (Å²) in [4.78, 5) is 0.0974. The highest BCUT2D eigenvalue weighted by Crippen LogP contribution is 2.37. The summed E-state index contributed by atoms with van der Waals surface area (Å²) in [6.45, 7) is 0. The molecule has 74 valence electrons. The van der Waals surface area contributed by atoms with Gasteiger partial charge in [-0.05, 0) is 40.1 Å². The first-order valence-corrected chi connectivity index (χ1v) is 6.02. The van der Waals surface area contributed by atoms with E-state index in [1.807, 2.05) is 0 Å². The fourth-order valence-corrected chi connectivity index (χ4v) is 3.16. The van der Waals surface area contributed by atoms with Crippen LogP contribution in [0.25, 0.3) is 10.1 Å². The summed E-state index contributed by atoms with van der Waals surface area (Å²) in [6, 6.07) is 5.01. The molecule has 0 bridgehead atoms. The molecule has 0 atom stereocenters. The molecule has 0 saturated heterocycles. The molecule has 0 radical (unpaired) electrons. The highest BCUT2D eigenvalue weighted by molar-refractivity contribution is 14.1. The largest absolute Gasteiger partial charge is 0.272 e. The Balaban J connectivity index is 2.71. The summed E-state index contributed by atoms with van der Waals surface area (Å²) in [5.41, 5.74) is 0. The van der Waals surface area contributed by atoms with Gasteiger partial charge in [0.05, 0.1) is 9.90 Å². The lowest BCUT2D eigenvalue weighted by atomic mass is 10.2. The minimum Gasteiger partial charge on any atom is -0.204 e. The molecule has 0 unspecified atom stereocenters. The third-order valence-corrected chi connectivity index (χ3v) is 5.11. The summed E-state index contributed by atoms with van der Waals surface area (Å²) in [5.74, 6) is 0. The van der Waals surface area contributed by atoms with Gasteiger partial charge in [0, 0.05) is 8.27 Å². The second kappa shape index (κ2) is 3.90.